The Kier molecular flexibility index (Phi) is 4.63. The normalized spacial score (nSPS) is 15.4. The van der Waals surface area contributed by atoms with E-state index < -0.39 is 5.97 Å². The number of thioether (sulfide) groups is 1. The molecule has 0 fully saturated rings. The highest BCUT2D eigenvalue weighted by atomic mass is 127. The molecule has 1 N–H and O–H groups in total. The summed E-state index contributed by atoms with van der Waals surface area (Å²) in [5.74, 6) is -0.857. The third-order valence-electron chi connectivity index (χ3n) is 3.31. The maximum Gasteiger partial charge on any atom is 0.323 e. The molecule has 3 heterocycles. The molecule has 0 atom stereocenters. The molecule has 4 rings (SSSR count). The van der Waals surface area contributed by atoms with Crippen molar-refractivity contribution in [1.29, 1.82) is 0 Å². The molecular formula is C15H8BrIN2O2S3. The summed E-state index contributed by atoms with van der Waals surface area (Å²) in [6.07, 6.45) is 1.98. The van der Waals surface area contributed by atoms with E-state index in [1.807, 2.05) is 29.2 Å². The maximum atomic E-state index is 11.3. The van der Waals surface area contributed by atoms with Crippen LogP contribution in [0.1, 0.15) is 5.01 Å². The lowest BCUT2D eigenvalue weighted by Gasteiger charge is -2.17. The molecule has 0 bridgehead atoms. The lowest BCUT2D eigenvalue weighted by atomic mass is 10.3. The van der Waals surface area contributed by atoms with E-state index in [0.717, 1.165) is 30.6 Å². The van der Waals surface area contributed by atoms with Crippen molar-refractivity contribution in [2.24, 2.45) is 0 Å². The fourth-order valence-electron chi connectivity index (χ4n) is 2.37. The SMILES string of the molecule is O=C(O)CN1/C(=C/c2nc3cc(I)sc3s2)Sc2ccc(Br)cc21. The summed E-state index contributed by atoms with van der Waals surface area (Å²) >= 11 is 10.7. The maximum absolute atomic E-state index is 11.3. The molecule has 0 amide bonds. The van der Waals surface area contributed by atoms with Gasteiger partial charge in [0.15, 0.2) is 0 Å². The fourth-order valence-corrected chi connectivity index (χ4v) is 7.24. The van der Waals surface area contributed by atoms with Crippen molar-refractivity contribution in [2.45, 2.75) is 4.90 Å². The van der Waals surface area contributed by atoms with Gasteiger partial charge in [0.1, 0.15) is 15.6 Å². The van der Waals surface area contributed by atoms with Gasteiger partial charge < -0.3 is 10.0 Å². The second-order valence-electron chi connectivity index (χ2n) is 4.95. The topological polar surface area (TPSA) is 53.4 Å². The summed E-state index contributed by atoms with van der Waals surface area (Å²) in [4.78, 5) is 18.8. The number of benzene rings is 1. The molecule has 0 unspecified atom stereocenters. The lowest BCUT2D eigenvalue weighted by Crippen LogP contribution is -2.25. The van der Waals surface area contributed by atoms with Gasteiger partial charge in [0.05, 0.1) is 19.1 Å². The number of rotatable bonds is 3. The number of carboxylic acid groups (broad SMARTS) is 1. The molecule has 0 aliphatic carbocycles. The average molecular weight is 551 g/mol. The van der Waals surface area contributed by atoms with Crippen molar-refractivity contribution in [3.63, 3.8) is 0 Å². The number of hydrogen-bond acceptors (Lipinski definition) is 6. The molecule has 0 saturated heterocycles. The van der Waals surface area contributed by atoms with E-state index in [0.29, 0.717) is 0 Å². The predicted octanol–water partition coefficient (Wildman–Crippen LogP) is 5.72. The Morgan fingerprint density at radius 3 is 2.96 bits per heavy atom. The summed E-state index contributed by atoms with van der Waals surface area (Å²) in [7, 11) is 0. The number of anilines is 1. The van der Waals surface area contributed by atoms with Gasteiger partial charge in [-0.05, 0) is 46.9 Å². The standard InChI is InChI=1S/C15H8BrIN2O2S3/c16-7-1-2-10-9(3-7)19(6-14(20)21)13(22-10)5-12-18-8-4-11(17)23-15(8)24-12/h1-5H,6H2,(H,20,21)/b13-5-. The third-order valence-corrected chi connectivity index (χ3v) is 7.91. The smallest absolute Gasteiger partial charge is 0.323 e. The van der Waals surface area contributed by atoms with Crippen LogP contribution in [0.4, 0.5) is 5.69 Å². The molecular weight excluding hydrogens is 543 g/mol. The molecule has 2 aromatic heterocycles. The zero-order chi connectivity index (χ0) is 16.8. The number of aliphatic carboxylic acids is 1. The van der Waals surface area contributed by atoms with Crippen molar-refractivity contribution in [3.8, 4) is 0 Å². The Morgan fingerprint density at radius 2 is 2.21 bits per heavy atom. The summed E-state index contributed by atoms with van der Waals surface area (Å²) in [6, 6.07) is 7.99. The first-order chi connectivity index (χ1) is 11.5. The number of thiophene rings is 1. The summed E-state index contributed by atoms with van der Waals surface area (Å²) in [5, 5.41) is 11.1. The second kappa shape index (κ2) is 6.60. The highest BCUT2D eigenvalue weighted by molar-refractivity contribution is 14.1. The summed E-state index contributed by atoms with van der Waals surface area (Å²) < 4.78 is 3.35. The molecule has 1 aromatic carbocycles. The Balaban J connectivity index is 1.75. The Hall–Kier alpha value is -0.620. The van der Waals surface area contributed by atoms with Gasteiger partial charge in [-0.15, -0.1) is 22.7 Å². The number of carbonyl (C=O) groups is 1. The largest absolute Gasteiger partial charge is 0.480 e. The molecule has 24 heavy (non-hydrogen) atoms. The van der Waals surface area contributed by atoms with Gasteiger partial charge in [-0.2, -0.15) is 0 Å². The average Bonchev–Trinajstić information content (AvgIpc) is 3.11. The second-order valence-corrected chi connectivity index (χ2v) is 11.2. The quantitative estimate of drug-likeness (QED) is 0.423. The van der Waals surface area contributed by atoms with Gasteiger partial charge >= 0.3 is 5.97 Å². The predicted molar refractivity (Wildman–Crippen MR) is 113 cm³/mol. The van der Waals surface area contributed by atoms with Crippen molar-refractivity contribution in [1.82, 2.24) is 4.98 Å². The first kappa shape index (κ1) is 16.8. The van der Waals surface area contributed by atoms with E-state index in [-0.39, 0.29) is 6.54 Å². The number of halogens is 2. The molecule has 4 nitrogen and oxygen atoms in total. The number of nitrogens with zero attached hydrogens (tertiary/aromatic N) is 2. The molecule has 3 aromatic rings. The fraction of sp³-hybridized carbons (Fsp3) is 0.0667. The Bertz CT molecular complexity index is 966. The van der Waals surface area contributed by atoms with Crippen molar-refractivity contribution < 1.29 is 9.90 Å². The van der Waals surface area contributed by atoms with Crippen LogP contribution in [0, 0.1) is 2.88 Å². The van der Waals surface area contributed by atoms with E-state index in [9.17, 15) is 9.90 Å². The minimum Gasteiger partial charge on any atom is -0.480 e. The van der Waals surface area contributed by atoms with Gasteiger partial charge in [0.2, 0.25) is 0 Å². The number of aromatic nitrogens is 1. The lowest BCUT2D eigenvalue weighted by molar-refractivity contribution is -0.135. The van der Waals surface area contributed by atoms with Gasteiger partial charge in [0.25, 0.3) is 0 Å². The minimum atomic E-state index is -0.857. The van der Waals surface area contributed by atoms with E-state index in [4.69, 9.17) is 0 Å². The van der Waals surface area contributed by atoms with Crippen LogP contribution in [0.25, 0.3) is 15.6 Å². The van der Waals surface area contributed by atoms with E-state index in [1.165, 1.54) is 6.90 Å². The number of carboxylic acids is 1. The zero-order valence-corrected chi connectivity index (χ0v) is 18.0. The Labute approximate surface area is 171 Å². The first-order valence-corrected chi connectivity index (χ1v) is 11.1. The zero-order valence-electron chi connectivity index (χ0n) is 11.8. The highest BCUT2D eigenvalue weighted by Gasteiger charge is 2.27. The number of thiazole rings is 1. The first-order valence-electron chi connectivity index (χ1n) is 6.74. The van der Waals surface area contributed by atoms with Gasteiger partial charge in [-0.25, -0.2) is 4.98 Å². The van der Waals surface area contributed by atoms with Crippen LogP contribution >= 0.6 is 73.0 Å². The van der Waals surface area contributed by atoms with Crippen LogP contribution in [0.2, 0.25) is 0 Å². The van der Waals surface area contributed by atoms with Crippen LogP contribution in [-0.2, 0) is 4.79 Å². The van der Waals surface area contributed by atoms with Gasteiger partial charge in [0, 0.05) is 15.4 Å². The number of hydrogen-bond donors (Lipinski definition) is 1. The van der Waals surface area contributed by atoms with Crippen LogP contribution in [-0.4, -0.2) is 22.6 Å². The molecule has 0 saturated carbocycles. The molecule has 122 valence electrons. The van der Waals surface area contributed by atoms with Crippen LogP contribution < -0.4 is 4.90 Å². The van der Waals surface area contributed by atoms with Crippen molar-refractivity contribution in [3.05, 3.63) is 41.7 Å². The minimum absolute atomic E-state index is 0.0695. The van der Waals surface area contributed by atoms with Crippen LogP contribution in [0.15, 0.2) is 38.7 Å². The van der Waals surface area contributed by atoms with Crippen molar-refractivity contribution >= 4 is 100 Å². The van der Waals surface area contributed by atoms with Crippen LogP contribution in [0.5, 0.6) is 0 Å². The van der Waals surface area contributed by atoms with Crippen molar-refractivity contribution in [2.75, 3.05) is 11.4 Å². The molecule has 0 spiro atoms. The van der Waals surface area contributed by atoms with E-state index >= 15 is 0 Å². The summed E-state index contributed by atoms with van der Waals surface area (Å²) in [6.45, 7) is -0.0695. The van der Waals surface area contributed by atoms with E-state index in [2.05, 4.69) is 49.6 Å². The van der Waals surface area contributed by atoms with E-state index in [1.54, 1.807) is 34.4 Å². The molecule has 9 heteroatoms. The molecule has 1 aliphatic rings. The number of fused-ring (bicyclic) bond motifs is 2. The van der Waals surface area contributed by atoms with Gasteiger partial charge in [-0.1, -0.05) is 27.7 Å². The molecule has 1 aliphatic heterocycles. The van der Waals surface area contributed by atoms with Crippen LogP contribution in [0.3, 0.4) is 0 Å². The highest BCUT2D eigenvalue weighted by Crippen LogP contribution is 2.48. The third kappa shape index (κ3) is 3.24. The van der Waals surface area contributed by atoms with Gasteiger partial charge in [-0.3, -0.25) is 4.79 Å². The monoisotopic (exact) mass is 550 g/mol. The Morgan fingerprint density at radius 1 is 1.38 bits per heavy atom. The molecule has 0 radical (unpaired) electrons. The summed E-state index contributed by atoms with van der Waals surface area (Å²) in [5.41, 5.74) is 1.92.